The molecule has 0 spiro atoms. The van der Waals surface area contributed by atoms with Gasteiger partial charge in [0.1, 0.15) is 12.0 Å². The normalized spacial score (nSPS) is 17.9. The van der Waals surface area contributed by atoms with Gasteiger partial charge in [-0.15, -0.1) is 0 Å². The van der Waals surface area contributed by atoms with Crippen LogP contribution in [0.3, 0.4) is 0 Å². The van der Waals surface area contributed by atoms with Crippen LogP contribution in [0.1, 0.15) is 12.8 Å². The first-order valence-corrected chi connectivity index (χ1v) is 5.73. The lowest BCUT2D eigenvalue weighted by atomic mass is 10.1. The minimum atomic E-state index is 0.372. The molecule has 0 amide bonds. The minimum absolute atomic E-state index is 0.372. The summed E-state index contributed by atoms with van der Waals surface area (Å²) in [5.74, 6) is 1.39. The summed E-state index contributed by atoms with van der Waals surface area (Å²) in [5, 5.41) is 6.69. The van der Waals surface area contributed by atoms with Crippen molar-refractivity contribution >= 4 is 11.5 Å². The van der Waals surface area contributed by atoms with Crippen molar-refractivity contribution in [1.82, 2.24) is 9.97 Å². The van der Waals surface area contributed by atoms with E-state index in [0.29, 0.717) is 11.9 Å². The van der Waals surface area contributed by atoms with Crippen molar-refractivity contribution in [2.45, 2.75) is 18.9 Å². The third-order valence-electron chi connectivity index (χ3n) is 2.77. The van der Waals surface area contributed by atoms with Gasteiger partial charge in [0.2, 0.25) is 5.88 Å². The molecule has 6 nitrogen and oxygen atoms in total. The van der Waals surface area contributed by atoms with Gasteiger partial charge in [-0.05, 0) is 12.8 Å². The van der Waals surface area contributed by atoms with Crippen LogP contribution in [-0.2, 0) is 4.74 Å². The van der Waals surface area contributed by atoms with E-state index in [1.807, 2.05) is 0 Å². The van der Waals surface area contributed by atoms with E-state index in [-0.39, 0.29) is 0 Å². The Morgan fingerprint density at radius 3 is 3.06 bits per heavy atom. The smallest absolute Gasteiger partial charge is 0.242 e. The van der Waals surface area contributed by atoms with Gasteiger partial charge >= 0.3 is 0 Å². The average Bonchev–Trinajstić information content (AvgIpc) is 2.38. The van der Waals surface area contributed by atoms with E-state index < -0.39 is 0 Å². The number of hydrogen-bond donors (Lipinski definition) is 2. The largest absolute Gasteiger partial charge is 0.479 e. The molecule has 1 aromatic heterocycles. The Morgan fingerprint density at radius 2 is 2.29 bits per heavy atom. The van der Waals surface area contributed by atoms with E-state index in [1.165, 1.54) is 6.33 Å². The van der Waals surface area contributed by atoms with Gasteiger partial charge in [0.25, 0.3) is 0 Å². The molecule has 2 heterocycles. The van der Waals surface area contributed by atoms with Crippen LogP contribution in [0.4, 0.5) is 11.5 Å². The average molecular weight is 238 g/mol. The van der Waals surface area contributed by atoms with Gasteiger partial charge < -0.3 is 20.1 Å². The third-order valence-corrected chi connectivity index (χ3v) is 2.77. The van der Waals surface area contributed by atoms with Crippen molar-refractivity contribution in [3.63, 3.8) is 0 Å². The summed E-state index contributed by atoms with van der Waals surface area (Å²) in [6.45, 7) is 1.64. The lowest BCUT2D eigenvalue weighted by Gasteiger charge is -2.27. The van der Waals surface area contributed by atoms with Crippen molar-refractivity contribution in [3.05, 3.63) is 6.33 Å². The van der Waals surface area contributed by atoms with Crippen molar-refractivity contribution in [2.75, 3.05) is 38.0 Å². The topological polar surface area (TPSA) is 68.3 Å². The van der Waals surface area contributed by atoms with Crippen molar-refractivity contribution in [1.29, 1.82) is 0 Å². The van der Waals surface area contributed by atoms with Crippen LogP contribution in [0.25, 0.3) is 0 Å². The third kappa shape index (κ3) is 2.76. The summed E-state index contributed by atoms with van der Waals surface area (Å²) in [6, 6.07) is 0.372. The number of ether oxygens (including phenoxy) is 2. The molecule has 0 aliphatic carbocycles. The summed E-state index contributed by atoms with van der Waals surface area (Å²) in [5.41, 5.74) is 0.845. The number of methoxy groups -OCH3 is 2. The molecule has 1 aliphatic rings. The van der Waals surface area contributed by atoms with Crippen molar-refractivity contribution in [3.8, 4) is 5.88 Å². The van der Waals surface area contributed by atoms with Crippen molar-refractivity contribution < 1.29 is 9.47 Å². The molecule has 94 valence electrons. The molecule has 0 aromatic carbocycles. The van der Waals surface area contributed by atoms with E-state index in [1.54, 1.807) is 14.2 Å². The zero-order valence-corrected chi connectivity index (χ0v) is 10.2. The van der Waals surface area contributed by atoms with E-state index in [9.17, 15) is 0 Å². The molecule has 0 fully saturated rings. The van der Waals surface area contributed by atoms with Crippen LogP contribution in [0.15, 0.2) is 6.33 Å². The van der Waals surface area contributed by atoms with Crippen LogP contribution in [0, 0.1) is 0 Å². The summed E-state index contributed by atoms with van der Waals surface area (Å²) in [4.78, 5) is 8.27. The van der Waals surface area contributed by atoms with Gasteiger partial charge in [0, 0.05) is 26.3 Å². The molecule has 0 radical (unpaired) electrons. The van der Waals surface area contributed by atoms with Crippen molar-refractivity contribution in [2.24, 2.45) is 0 Å². The summed E-state index contributed by atoms with van der Waals surface area (Å²) < 4.78 is 10.2. The molecule has 0 saturated heterocycles. The van der Waals surface area contributed by atoms with Crippen LogP contribution in [0.2, 0.25) is 0 Å². The van der Waals surface area contributed by atoms with E-state index in [0.717, 1.165) is 37.5 Å². The van der Waals surface area contributed by atoms with Gasteiger partial charge in [0.05, 0.1) is 7.11 Å². The van der Waals surface area contributed by atoms with Crippen LogP contribution in [-0.4, -0.2) is 43.4 Å². The molecule has 0 saturated carbocycles. The summed E-state index contributed by atoms with van der Waals surface area (Å²) in [6.07, 6.45) is 3.59. The Labute approximate surface area is 101 Å². The Kier molecular flexibility index (Phi) is 3.98. The molecular formula is C11H18N4O2. The Morgan fingerprint density at radius 1 is 1.41 bits per heavy atom. The second-order valence-corrected chi connectivity index (χ2v) is 3.96. The second-order valence-electron chi connectivity index (χ2n) is 3.96. The summed E-state index contributed by atoms with van der Waals surface area (Å²) in [7, 11) is 3.33. The fourth-order valence-electron chi connectivity index (χ4n) is 1.91. The SMILES string of the molecule is COCCCC1CNc2c(ncnc2OC)N1. The Balaban J connectivity index is 1.99. The molecule has 1 aliphatic heterocycles. The first-order valence-electron chi connectivity index (χ1n) is 5.73. The number of nitrogens with zero attached hydrogens (tertiary/aromatic N) is 2. The second kappa shape index (κ2) is 5.67. The zero-order valence-electron chi connectivity index (χ0n) is 10.2. The molecule has 2 N–H and O–H groups in total. The zero-order chi connectivity index (χ0) is 12.1. The highest BCUT2D eigenvalue weighted by Crippen LogP contribution is 2.31. The maximum atomic E-state index is 5.17. The number of anilines is 2. The molecule has 17 heavy (non-hydrogen) atoms. The highest BCUT2D eigenvalue weighted by molar-refractivity contribution is 5.71. The molecule has 1 unspecified atom stereocenters. The highest BCUT2D eigenvalue weighted by Gasteiger charge is 2.21. The fraction of sp³-hybridized carbons (Fsp3) is 0.636. The molecule has 1 aromatic rings. The molecule has 0 bridgehead atoms. The number of rotatable bonds is 5. The first-order chi connectivity index (χ1) is 8.35. The van der Waals surface area contributed by atoms with Crippen LogP contribution >= 0.6 is 0 Å². The van der Waals surface area contributed by atoms with Gasteiger partial charge in [-0.2, -0.15) is 4.98 Å². The Bertz CT molecular complexity index is 372. The predicted octanol–water partition coefficient (Wildman–Crippen LogP) is 1.12. The monoisotopic (exact) mass is 238 g/mol. The molecular weight excluding hydrogens is 220 g/mol. The van der Waals surface area contributed by atoms with Gasteiger partial charge in [-0.25, -0.2) is 4.98 Å². The number of nitrogens with one attached hydrogen (secondary N) is 2. The first kappa shape index (κ1) is 11.9. The van der Waals surface area contributed by atoms with Gasteiger partial charge in [-0.3, -0.25) is 0 Å². The van der Waals surface area contributed by atoms with Gasteiger partial charge in [-0.1, -0.05) is 0 Å². The molecule has 2 rings (SSSR count). The number of hydrogen-bond acceptors (Lipinski definition) is 6. The molecule has 1 atom stereocenters. The number of fused-ring (bicyclic) bond motifs is 1. The minimum Gasteiger partial charge on any atom is -0.479 e. The highest BCUT2D eigenvalue weighted by atomic mass is 16.5. The maximum Gasteiger partial charge on any atom is 0.242 e. The fourth-order valence-corrected chi connectivity index (χ4v) is 1.91. The maximum absolute atomic E-state index is 5.17. The lowest BCUT2D eigenvalue weighted by molar-refractivity contribution is 0.191. The van der Waals surface area contributed by atoms with Crippen LogP contribution in [0.5, 0.6) is 5.88 Å². The summed E-state index contributed by atoms with van der Waals surface area (Å²) >= 11 is 0. The van der Waals surface area contributed by atoms with Crippen LogP contribution < -0.4 is 15.4 Å². The van der Waals surface area contributed by atoms with E-state index in [2.05, 4.69) is 20.6 Å². The number of aromatic nitrogens is 2. The standard InChI is InChI=1S/C11H18N4O2/c1-16-5-3-4-8-6-12-9-10(15-8)13-7-14-11(9)17-2/h7-8,12H,3-6H2,1-2H3,(H,13,14,15). The van der Waals surface area contributed by atoms with E-state index >= 15 is 0 Å². The van der Waals surface area contributed by atoms with E-state index in [4.69, 9.17) is 9.47 Å². The predicted molar refractivity (Wildman–Crippen MR) is 65.6 cm³/mol. The molecule has 6 heteroatoms. The lowest BCUT2D eigenvalue weighted by Crippen LogP contribution is -2.34. The van der Waals surface area contributed by atoms with Gasteiger partial charge in [0.15, 0.2) is 5.82 Å². The quantitative estimate of drug-likeness (QED) is 0.749. The Hall–Kier alpha value is -1.56.